The minimum absolute atomic E-state index is 0.213. The molecule has 0 atom stereocenters. The highest BCUT2D eigenvalue weighted by atomic mass is 35.5. The van der Waals surface area contributed by atoms with Gasteiger partial charge in [0, 0.05) is 10.6 Å². The summed E-state index contributed by atoms with van der Waals surface area (Å²) in [5, 5.41) is 4.18. The van der Waals surface area contributed by atoms with E-state index >= 15 is 0 Å². The first-order chi connectivity index (χ1) is 10.1. The van der Waals surface area contributed by atoms with Gasteiger partial charge in [0.15, 0.2) is 6.61 Å². The molecule has 1 N–H and O–H groups in total. The van der Waals surface area contributed by atoms with Crippen LogP contribution in [0.4, 0.5) is 4.39 Å². The molecule has 6 heteroatoms. The third kappa shape index (κ3) is 4.89. The van der Waals surface area contributed by atoms with E-state index in [-0.39, 0.29) is 12.2 Å². The van der Waals surface area contributed by atoms with Crippen LogP contribution in [0.25, 0.3) is 0 Å². The van der Waals surface area contributed by atoms with Crippen LogP contribution in [0.5, 0.6) is 5.75 Å². The van der Waals surface area contributed by atoms with E-state index in [0.29, 0.717) is 10.8 Å². The summed E-state index contributed by atoms with van der Waals surface area (Å²) in [6.45, 7) is -0.213. The maximum atomic E-state index is 13.3. The van der Waals surface area contributed by atoms with E-state index < -0.39 is 11.7 Å². The Kier molecular flexibility index (Phi) is 5.29. The van der Waals surface area contributed by atoms with Crippen molar-refractivity contribution < 1.29 is 13.9 Å². The Balaban J connectivity index is 1.81. The lowest BCUT2D eigenvalue weighted by Gasteiger charge is -2.04. The molecule has 2 aromatic carbocycles. The minimum atomic E-state index is -0.456. The number of hydrogen-bond donors (Lipinski definition) is 1. The lowest BCUT2D eigenvalue weighted by atomic mass is 10.2. The molecule has 0 heterocycles. The fourth-order valence-electron chi connectivity index (χ4n) is 1.49. The SMILES string of the molecule is O=C(COc1cccc(Cl)c1)N/N=C/c1ccccc1F. The van der Waals surface area contributed by atoms with Crippen molar-refractivity contribution in [3.8, 4) is 5.75 Å². The van der Waals surface area contributed by atoms with Crippen molar-refractivity contribution in [3.63, 3.8) is 0 Å². The molecule has 0 saturated carbocycles. The average Bonchev–Trinajstić information content (AvgIpc) is 2.47. The van der Waals surface area contributed by atoms with Crippen LogP contribution < -0.4 is 10.2 Å². The number of hydrogen-bond acceptors (Lipinski definition) is 3. The second-order valence-corrected chi connectivity index (χ2v) is 4.50. The largest absolute Gasteiger partial charge is 0.484 e. The summed E-state index contributed by atoms with van der Waals surface area (Å²) in [6.07, 6.45) is 1.23. The quantitative estimate of drug-likeness (QED) is 0.682. The minimum Gasteiger partial charge on any atom is -0.484 e. The first-order valence-corrected chi connectivity index (χ1v) is 6.48. The highest BCUT2D eigenvalue weighted by molar-refractivity contribution is 6.30. The number of nitrogens with one attached hydrogen (secondary N) is 1. The van der Waals surface area contributed by atoms with Crippen molar-refractivity contribution >= 4 is 23.7 Å². The smallest absolute Gasteiger partial charge is 0.277 e. The second kappa shape index (κ2) is 7.40. The number of rotatable bonds is 5. The normalized spacial score (nSPS) is 10.6. The van der Waals surface area contributed by atoms with Gasteiger partial charge in [-0.3, -0.25) is 4.79 Å². The molecule has 0 aliphatic carbocycles. The van der Waals surface area contributed by atoms with Crippen molar-refractivity contribution in [1.29, 1.82) is 0 Å². The van der Waals surface area contributed by atoms with Gasteiger partial charge in [0.25, 0.3) is 5.91 Å². The highest BCUT2D eigenvalue weighted by Gasteiger charge is 2.02. The molecule has 2 rings (SSSR count). The van der Waals surface area contributed by atoms with E-state index in [1.807, 2.05) is 0 Å². The van der Waals surface area contributed by atoms with Crippen LogP contribution >= 0.6 is 11.6 Å². The summed E-state index contributed by atoms with van der Waals surface area (Å²) in [7, 11) is 0. The summed E-state index contributed by atoms with van der Waals surface area (Å²) in [4.78, 5) is 11.5. The maximum absolute atomic E-state index is 13.3. The zero-order valence-electron chi connectivity index (χ0n) is 10.9. The van der Waals surface area contributed by atoms with Gasteiger partial charge < -0.3 is 4.74 Å². The molecule has 0 spiro atoms. The van der Waals surface area contributed by atoms with E-state index in [0.717, 1.165) is 0 Å². The summed E-state index contributed by atoms with van der Waals surface area (Å²) in [5.74, 6) is -0.385. The van der Waals surface area contributed by atoms with Crippen LogP contribution in [0.1, 0.15) is 5.56 Å². The van der Waals surface area contributed by atoms with E-state index in [2.05, 4.69) is 10.5 Å². The fourth-order valence-corrected chi connectivity index (χ4v) is 1.67. The van der Waals surface area contributed by atoms with Gasteiger partial charge in [-0.2, -0.15) is 5.10 Å². The van der Waals surface area contributed by atoms with Crippen molar-refractivity contribution in [1.82, 2.24) is 5.43 Å². The third-order valence-corrected chi connectivity index (χ3v) is 2.70. The predicted octanol–water partition coefficient (Wildman–Crippen LogP) is 3.01. The molecule has 0 radical (unpaired) electrons. The molecule has 2 aromatic rings. The maximum Gasteiger partial charge on any atom is 0.277 e. The van der Waals surface area contributed by atoms with Crippen molar-refractivity contribution in [2.45, 2.75) is 0 Å². The van der Waals surface area contributed by atoms with Crippen LogP contribution in [0, 0.1) is 5.82 Å². The van der Waals surface area contributed by atoms with Gasteiger partial charge in [-0.25, -0.2) is 9.82 Å². The van der Waals surface area contributed by atoms with Gasteiger partial charge in [0.2, 0.25) is 0 Å². The van der Waals surface area contributed by atoms with Crippen LogP contribution in [0.3, 0.4) is 0 Å². The number of ether oxygens (including phenoxy) is 1. The summed E-state index contributed by atoms with van der Waals surface area (Å²) >= 11 is 5.79. The molecular weight excluding hydrogens is 295 g/mol. The highest BCUT2D eigenvalue weighted by Crippen LogP contribution is 2.16. The molecule has 1 amide bonds. The standard InChI is InChI=1S/C15H12ClFN2O2/c16-12-5-3-6-13(8-12)21-10-15(20)19-18-9-11-4-1-2-7-14(11)17/h1-9H,10H2,(H,19,20)/b18-9+. The zero-order valence-corrected chi connectivity index (χ0v) is 11.7. The number of amides is 1. The van der Waals surface area contributed by atoms with Crippen molar-refractivity contribution in [2.24, 2.45) is 5.10 Å². The first-order valence-electron chi connectivity index (χ1n) is 6.10. The van der Waals surface area contributed by atoms with Crippen LogP contribution in [-0.2, 0) is 4.79 Å². The summed E-state index contributed by atoms with van der Waals surface area (Å²) in [6, 6.07) is 12.8. The Morgan fingerprint density at radius 3 is 2.86 bits per heavy atom. The Labute approximate surface area is 126 Å². The van der Waals surface area contributed by atoms with Crippen molar-refractivity contribution in [2.75, 3.05) is 6.61 Å². The van der Waals surface area contributed by atoms with Gasteiger partial charge in [-0.05, 0) is 24.3 Å². The van der Waals surface area contributed by atoms with Crippen LogP contribution in [-0.4, -0.2) is 18.7 Å². The molecule has 0 unspecified atom stereocenters. The number of carbonyl (C=O) groups is 1. The van der Waals surface area contributed by atoms with E-state index in [4.69, 9.17) is 16.3 Å². The van der Waals surface area contributed by atoms with Crippen molar-refractivity contribution in [3.05, 3.63) is 64.9 Å². The Bertz CT molecular complexity index is 662. The number of halogens is 2. The number of nitrogens with zero attached hydrogens (tertiary/aromatic N) is 1. The molecule has 4 nitrogen and oxygen atoms in total. The molecule has 0 fully saturated rings. The molecule has 108 valence electrons. The summed E-state index contributed by atoms with van der Waals surface area (Å²) < 4.78 is 18.5. The van der Waals surface area contributed by atoms with Gasteiger partial charge in [0.1, 0.15) is 11.6 Å². The first kappa shape index (κ1) is 15.0. The fraction of sp³-hybridized carbons (Fsp3) is 0.0667. The molecule has 0 aromatic heterocycles. The second-order valence-electron chi connectivity index (χ2n) is 4.06. The monoisotopic (exact) mass is 306 g/mol. The summed E-state index contributed by atoms with van der Waals surface area (Å²) in [5.41, 5.74) is 2.53. The van der Waals surface area contributed by atoms with Gasteiger partial charge in [-0.15, -0.1) is 0 Å². The molecule has 0 aliphatic heterocycles. The van der Waals surface area contributed by atoms with E-state index in [9.17, 15) is 9.18 Å². The van der Waals surface area contributed by atoms with E-state index in [1.54, 1.807) is 42.5 Å². The predicted molar refractivity (Wildman–Crippen MR) is 79.1 cm³/mol. The van der Waals surface area contributed by atoms with E-state index in [1.165, 1.54) is 12.3 Å². The van der Waals surface area contributed by atoms with Gasteiger partial charge in [0.05, 0.1) is 6.21 Å². The molecule has 0 aliphatic rings. The zero-order chi connectivity index (χ0) is 15.1. The average molecular weight is 307 g/mol. The molecular formula is C15H12ClFN2O2. The Morgan fingerprint density at radius 2 is 2.10 bits per heavy atom. The van der Waals surface area contributed by atoms with Crippen LogP contribution in [0.15, 0.2) is 53.6 Å². The number of carbonyl (C=O) groups excluding carboxylic acids is 1. The Hall–Kier alpha value is -2.40. The molecule has 21 heavy (non-hydrogen) atoms. The third-order valence-electron chi connectivity index (χ3n) is 2.46. The Morgan fingerprint density at radius 1 is 1.29 bits per heavy atom. The van der Waals surface area contributed by atoms with Crippen LogP contribution in [0.2, 0.25) is 5.02 Å². The lowest BCUT2D eigenvalue weighted by molar-refractivity contribution is -0.123. The molecule has 0 saturated heterocycles. The molecule has 0 bridgehead atoms. The lowest BCUT2D eigenvalue weighted by Crippen LogP contribution is -2.24. The van der Waals surface area contributed by atoms with Gasteiger partial charge >= 0.3 is 0 Å². The van der Waals surface area contributed by atoms with Gasteiger partial charge in [-0.1, -0.05) is 35.9 Å². The number of hydrazone groups is 1. The number of benzene rings is 2. The topological polar surface area (TPSA) is 50.7 Å².